The van der Waals surface area contributed by atoms with Gasteiger partial charge in [-0.1, -0.05) is 106 Å². The molecule has 262 valence electrons. The fourth-order valence-corrected chi connectivity index (χ4v) is 6.73. The molecule has 2 heteroatoms. The number of hydrogen-bond acceptors (Lipinski definition) is 1. The van der Waals surface area contributed by atoms with Crippen LogP contribution in [0, 0.1) is 23.6 Å². The fourth-order valence-electron chi connectivity index (χ4n) is 6.73. The third kappa shape index (κ3) is 8.58. The Morgan fingerprint density at radius 2 is 0.981 bits per heavy atom. The van der Waals surface area contributed by atoms with E-state index in [2.05, 4.69) is 140 Å². The van der Waals surface area contributed by atoms with Crippen LogP contribution < -0.4 is 0 Å². The van der Waals surface area contributed by atoms with Crippen LogP contribution in [0.2, 0.25) is 0 Å². The molecule has 9 aromatic rings. The predicted molar refractivity (Wildman–Crippen MR) is 227 cm³/mol. The van der Waals surface area contributed by atoms with E-state index in [4.69, 9.17) is 7.73 Å². The van der Waals surface area contributed by atoms with E-state index in [0.29, 0.717) is 5.56 Å². The fraction of sp³-hybridized carbons (Fsp3) is 0.0962. The molecule has 0 atom stereocenters. The number of nitrogens with zero attached hydrogens (tertiary/aromatic N) is 1. The molecule has 0 aliphatic carbocycles. The molecule has 0 amide bonds. The van der Waals surface area contributed by atoms with E-state index in [1.165, 1.54) is 43.1 Å². The first-order valence-electron chi connectivity index (χ1n) is 19.0. The van der Waals surface area contributed by atoms with Gasteiger partial charge in [-0.15, -0.1) is 46.7 Å². The summed E-state index contributed by atoms with van der Waals surface area (Å²) in [5.41, 5.74) is 3.06. The molecule has 54 heavy (non-hydrogen) atoms. The van der Waals surface area contributed by atoms with Gasteiger partial charge in [0.1, 0.15) is 0 Å². The van der Waals surface area contributed by atoms with Crippen LogP contribution in [0.4, 0.5) is 0 Å². The zero-order valence-corrected chi connectivity index (χ0v) is 32.9. The third-order valence-corrected chi connectivity index (χ3v) is 9.29. The van der Waals surface area contributed by atoms with Crippen molar-refractivity contribution < 1.29 is 22.8 Å². The molecule has 0 saturated carbocycles. The van der Waals surface area contributed by atoms with E-state index in [1.54, 1.807) is 6.07 Å². The van der Waals surface area contributed by atoms with E-state index in [9.17, 15) is 0 Å². The summed E-state index contributed by atoms with van der Waals surface area (Å²) in [6.07, 6.45) is 0.520. The Kier molecular flexibility index (Phi) is 10.2. The average molecular weight is 873 g/mol. The number of benzene rings is 7. The van der Waals surface area contributed by atoms with Crippen molar-refractivity contribution in [1.82, 2.24) is 4.98 Å². The minimum absolute atomic E-state index is 0. The van der Waals surface area contributed by atoms with Gasteiger partial charge < -0.3 is 4.98 Å². The van der Waals surface area contributed by atoms with Crippen LogP contribution in [0.15, 0.2) is 176 Å². The summed E-state index contributed by atoms with van der Waals surface area (Å²) in [4.78, 5) is 4.69. The Morgan fingerprint density at radius 3 is 1.44 bits per heavy atom. The quantitative estimate of drug-likeness (QED) is 0.158. The summed E-state index contributed by atoms with van der Waals surface area (Å²) in [5.74, 6) is 0. The second-order valence-electron chi connectivity index (χ2n) is 14.4. The van der Waals surface area contributed by atoms with Gasteiger partial charge in [0.05, 0.1) is 0 Å². The van der Waals surface area contributed by atoms with Crippen molar-refractivity contribution in [2.45, 2.75) is 27.1 Å². The number of rotatable bonds is 2. The molecule has 0 fully saturated rings. The normalized spacial score (nSPS) is 12.0. The van der Waals surface area contributed by atoms with Crippen molar-refractivity contribution in [1.29, 1.82) is 0 Å². The van der Waals surface area contributed by atoms with Crippen LogP contribution in [-0.4, -0.2) is 4.98 Å². The van der Waals surface area contributed by atoms with Crippen molar-refractivity contribution in [3.63, 3.8) is 0 Å². The molecule has 1 aromatic heterocycles. The summed E-state index contributed by atoms with van der Waals surface area (Å²) in [6, 6.07) is 68.6. The number of fused-ring (bicyclic) bond motifs is 18. The number of aromatic nitrogens is 1. The maximum atomic E-state index is 8.23. The van der Waals surface area contributed by atoms with Crippen LogP contribution in [0.3, 0.4) is 0 Å². The summed E-state index contributed by atoms with van der Waals surface area (Å²) >= 11 is 0. The Hall–Kier alpha value is -5.66. The van der Waals surface area contributed by atoms with E-state index in [-0.39, 0.29) is 20.1 Å². The van der Waals surface area contributed by atoms with Gasteiger partial charge in [-0.3, -0.25) is 0 Å². The van der Waals surface area contributed by atoms with E-state index in [0.717, 1.165) is 32.8 Å². The first kappa shape index (κ1) is 34.1. The molecular formula is C52H40IrN. The topological polar surface area (TPSA) is 12.9 Å². The van der Waals surface area contributed by atoms with Crippen LogP contribution in [0.5, 0.6) is 0 Å². The van der Waals surface area contributed by atoms with Gasteiger partial charge in [0.25, 0.3) is 0 Å². The van der Waals surface area contributed by atoms with Crippen LogP contribution in [0.25, 0.3) is 75.9 Å². The Balaban J connectivity index is 0.000000205. The smallest absolute Gasteiger partial charge is 0.305 e. The zero-order valence-electron chi connectivity index (χ0n) is 32.5. The van der Waals surface area contributed by atoms with E-state index >= 15 is 0 Å². The van der Waals surface area contributed by atoms with Crippen molar-refractivity contribution in [3.8, 4) is 11.1 Å². The second-order valence-corrected chi connectivity index (χ2v) is 14.4. The van der Waals surface area contributed by atoms with E-state index < -0.39 is 11.8 Å². The number of pyridine rings is 1. The molecule has 12 bridgehead atoms. The van der Waals surface area contributed by atoms with Gasteiger partial charge in [0.15, 0.2) is 0 Å². The summed E-state index contributed by atoms with van der Waals surface area (Å²) in [7, 11) is 0. The number of hydrogen-bond donors (Lipinski definition) is 0. The maximum Gasteiger partial charge on any atom is 3.00 e. The third-order valence-electron chi connectivity index (χ3n) is 9.29. The van der Waals surface area contributed by atoms with Gasteiger partial charge in [0, 0.05) is 8.94 Å². The molecule has 0 saturated heterocycles. The molecular weight excluding hydrogens is 831 g/mol. The summed E-state index contributed by atoms with van der Waals surface area (Å²) < 4.78 is 16.5. The first-order valence-corrected chi connectivity index (χ1v) is 18.0. The molecule has 8 aromatic carbocycles. The van der Waals surface area contributed by atoms with Crippen molar-refractivity contribution in [3.05, 3.63) is 200 Å². The first-order chi connectivity index (χ1) is 26.6. The molecule has 0 aliphatic heterocycles. The van der Waals surface area contributed by atoms with Crippen LogP contribution in [0.1, 0.15) is 29.1 Å². The standard InChI is InChI=1S/C35H22N.C17H18.Ir/c1-6-24-18-26(8-1)28-10-3-12-30(20-28)32-14-5-15-34(22-32)35-23-33(16-17-36-35)31-13-4-11-29(21-31)27-9-2-7-25(24)19-27;1-17(2,3)13-14-9-11-16(12-10-14)15-7-5-4-6-8-15;/h1-14,16-23H;4-7,9-11H,13H2,1-3H3;/q-1;-2;+3/i;13D2;. The van der Waals surface area contributed by atoms with Gasteiger partial charge in [-0.25, -0.2) is 11.1 Å². The van der Waals surface area contributed by atoms with Crippen LogP contribution >= 0.6 is 0 Å². The minimum atomic E-state index is -1.37. The predicted octanol–water partition coefficient (Wildman–Crippen LogP) is 14.0. The van der Waals surface area contributed by atoms with Crippen molar-refractivity contribution in [2.75, 3.05) is 0 Å². The Bertz CT molecular complexity index is 2420. The van der Waals surface area contributed by atoms with Crippen molar-refractivity contribution >= 4 is 64.8 Å². The molecule has 0 N–H and O–H groups in total. The van der Waals surface area contributed by atoms with Gasteiger partial charge in [0.2, 0.25) is 0 Å². The molecule has 0 spiro atoms. The molecule has 0 unspecified atom stereocenters. The van der Waals surface area contributed by atoms with Crippen LogP contribution in [-0.2, 0) is 26.5 Å². The molecule has 9 rings (SSSR count). The summed E-state index contributed by atoms with van der Waals surface area (Å²) in [6.45, 7) is 5.73. The maximum absolute atomic E-state index is 8.23. The molecule has 0 aliphatic rings. The van der Waals surface area contributed by atoms with Crippen molar-refractivity contribution in [2.24, 2.45) is 5.41 Å². The SMILES string of the molecule is [2H]C([2H])(c1c[c-]c(-c2[c-]cccc2)cc1)C(C)(C)C.[Ir+3].[c-]1ccc2cc1c1cc(ccn1)c1cccc(c1)c1cccc(c1)c1cccc(c1)c1cccc2c1. The molecule has 1 nitrogen and oxygen atoms in total. The van der Waals surface area contributed by atoms with Gasteiger partial charge in [-0.05, 0) is 89.7 Å². The second kappa shape index (κ2) is 16.1. The van der Waals surface area contributed by atoms with Gasteiger partial charge >= 0.3 is 20.1 Å². The minimum Gasteiger partial charge on any atom is -0.305 e. The zero-order chi connectivity index (χ0) is 38.0. The Morgan fingerprint density at radius 1 is 0.481 bits per heavy atom. The van der Waals surface area contributed by atoms with Gasteiger partial charge in [-0.2, -0.15) is 48.5 Å². The molecule has 0 radical (unpaired) electrons. The monoisotopic (exact) mass is 873 g/mol. The molecule has 1 heterocycles. The Labute approximate surface area is 334 Å². The largest absolute Gasteiger partial charge is 3.00 e. The summed E-state index contributed by atoms with van der Waals surface area (Å²) in [5, 5.41) is 12.9. The average Bonchev–Trinajstić information content (AvgIpc) is 3.24. The van der Waals surface area contributed by atoms with E-state index in [1.807, 2.05) is 69.4 Å².